The lowest BCUT2D eigenvalue weighted by atomic mass is 10.1. The van der Waals surface area contributed by atoms with Crippen LogP contribution in [0.1, 0.15) is 23.6 Å². The Labute approximate surface area is 226 Å². The van der Waals surface area contributed by atoms with E-state index in [9.17, 15) is 20.2 Å². The molecule has 3 aromatic rings. The fourth-order valence-corrected chi connectivity index (χ4v) is 4.15. The maximum Gasteiger partial charge on any atom is 0.269 e. The number of hydrogen-bond acceptors (Lipinski definition) is 6. The average molecular weight is 618 g/mol. The first-order valence-corrected chi connectivity index (χ1v) is 12.2. The highest BCUT2D eigenvalue weighted by atomic mass is 127. The van der Waals surface area contributed by atoms with Gasteiger partial charge in [-0.05, 0) is 95.6 Å². The molecule has 8 nitrogen and oxygen atoms in total. The molecule has 3 rings (SSSR count). The molecule has 0 saturated heterocycles. The van der Waals surface area contributed by atoms with Crippen LogP contribution in [0.5, 0.6) is 11.5 Å². The Balaban J connectivity index is 1.84. The number of anilines is 1. The number of carbonyl (C=O) groups excluding carboxylic acids is 1. The predicted molar refractivity (Wildman–Crippen MR) is 146 cm³/mol. The number of nitro groups is 1. The van der Waals surface area contributed by atoms with Crippen molar-refractivity contribution in [3.8, 4) is 17.6 Å². The van der Waals surface area contributed by atoms with E-state index >= 15 is 0 Å². The molecular formula is C26H21ClIN3O5. The molecule has 0 fully saturated rings. The van der Waals surface area contributed by atoms with Gasteiger partial charge in [0.2, 0.25) is 0 Å². The van der Waals surface area contributed by atoms with Crippen molar-refractivity contribution in [2.75, 3.05) is 11.9 Å². The van der Waals surface area contributed by atoms with Crippen molar-refractivity contribution in [1.82, 2.24) is 0 Å². The second kappa shape index (κ2) is 12.4. The molecular weight excluding hydrogens is 597 g/mol. The van der Waals surface area contributed by atoms with Crippen LogP contribution < -0.4 is 14.8 Å². The normalized spacial score (nSPS) is 10.9. The van der Waals surface area contributed by atoms with Crippen LogP contribution in [0.15, 0.2) is 60.2 Å². The van der Waals surface area contributed by atoms with Gasteiger partial charge in [-0.2, -0.15) is 5.26 Å². The van der Waals surface area contributed by atoms with Gasteiger partial charge in [0.1, 0.15) is 18.2 Å². The van der Waals surface area contributed by atoms with Gasteiger partial charge in [0.05, 0.1) is 15.1 Å². The summed E-state index contributed by atoms with van der Waals surface area (Å²) in [5, 5.41) is 23.7. The van der Waals surface area contributed by atoms with E-state index in [0.29, 0.717) is 43.5 Å². The largest absolute Gasteiger partial charge is 0.490 e. The van der Waals surface area contributed by atoms with Crippen LogP contribution in [-0.4, -0.2) is 17.4 Å². The number of non-ortho nitro benzene ring substituents is 1. The van der Waals surface area contributed by atoms with E-state index in [0.717, 1.165) is 5.56 Å². The number of rotatable bonds is 9. The standard InChI is InChI=1S/C26H21ClIN3O5/c1-3-35-24-13-18(11-19(14-29)26(32)30-23-6-4-5-21(27)16(23)2)12-22(28)25(24)36-15-17-7-9-20(10-8-17)31(33)34/h4-13H,3,15H2,1-2H3,(H,30,32)/b19-11+. The molecule has 0 spiro atoms. The molecule has 0 radical (unpaired) electrons. The first kappa shape index (κ1) is 27.0. The lowest BCUT2D eigenvalue weighted by Gasteiger charge is -2.15. The van der Waals surface area contributed by atoms with Gasteiger partial charge in [0, 0.05) is 22.8 Å². The minimum absolute atomic E-state index is 0.00216. The highest BCUT2D eigenvalue weighted by molar-refractivity contribution is 14.1. The van der Waals surface area contributed by atoms with Crippen molar-refractivity contribution < 1.29 is 19.2 Å². The molecule has 0 aliphatic rings. The fraction of sp³-hybridized carbons (Fsp3) is 0.154. The van der Waals surface area contributed by atoms with Gasteiger partial charge in [-0.15, -0.1) is 0 Å². The van der Waals surface area contributed by atoms with Crippen LogP contribution in [0.3, 0.4) is 0 Å². The molecule has 0 aromatic heterocycles. The van der Waals surface area contributed by atoms with Crippen LogP contribution in [0, 0.1) is 31.9 Å². The Bertz CT molecular complexity index is 1370. The van der Waals surface area contributed by atoms with E-state index in [1.807, 2.05) is 13.0 Å². The maximum atomic E-state index is 12.8. The molecule has 0 atom stereocenters. The van der Waals surface area contributed by atoms with E-state index in [-0.39, 0.29) is 17.9 Å². The van der Waals surface area contributed by atoms with Crippen molar-refractivity contribution in [2.24, 2.45) is 0 Å². The molecule has 1 amide bonds. The minimum Gasteiger partial charge on any atom is -0.490 e. The first-order valence-electron chi connectivity index (χ1n) is 10.7. The number of nitriles is 1. The van der Waals surface area contributed by atoms with Gasteiger partial charge >= 0.3 is 0 Å². The molecule has 184 valence electrons. The lowest BCUT2D eigenvalue weighted by Crippen LogP contribution is -2.14. The van der Waals surface area contributed by atoms with Crippen molar-refractivity contribution in [3.63, 3.8) is 0 Å². The van der Waals surface area contributed by atoms with Gasteiger partial charge in [-0.1, -0.05) is 17.7 Å². The zero-order valence-corrected chi connectivity index (χ0v) is 22.3. The Hall–Kier alpha value is -3.62. The Morgan fingerprint density at radius 2 is 1.94 bits per heavy atom. The topological polar surface area (TPSA) is 114 Å². The molecule has 1 N–H and O–H groups in total. The van der Waals surface area contributed by atoms with Gasteiger partial charge in [0.15, 0.2) is 11.5 Å². The van der Waals surface area contributed by atoms with E-state index in [2.05, 4.69) is 27.9 Å². The van der Waals surface area contributed by atoms with Gasteiger partial charge < -0.3 is 14.8 Å². The molecule has 0 unspecified atom stereocenters. The SMILES string of the molecule is CCOc1cc(/C=C(\C#N)C(=O)Nc2cccc(Cl)c2C)cc(I)c1OCc1ccc([N+](=O)[O-])cc1. The van der Waals surface area contributed by atoms with Crippen molar-refractivity contribution in [3.05, 3.63) is 95.6 Å². The van der Waals surface area contributed by atoms with Crippen molar-refractivity contribution in [2.45, 2.75) is 20.5 Å². The summed E-state index contributed by atoms with van der Waals surface area (Å²) in [6, 6.07) is 16.6. The summed E-state index contributed by atoms with van der Waals surface area (Å²) < 4.78 is 12.4. The summed E-state index contributed by atoms with van der Waals surface area (Å²) in [5.41, 5.74) is 2.47. The van der Waals surface area contributed by atoms with Gasteiger partial charge in [0.25, 0.3) is 11.6 Å². The number of benzene rings is 3. The number of ether oxygens (including phenoxy) is 2. The van der Waals surface area contributed by atoms with E-state index in [4.69, 9.17) is 21.1 Å². The molecule has 0 aliphatic heterocycles. The van der Waals surface area contributed by atoms with Crippen LogP contribution >= 0.6 is 34.2 Å². The Kier molecular flexibility index (Phi) is 9.27. The Morgan fingerprint density at radius 1 is 1.22 bits per heavy atom. The zero-order valence-electron chi connectivity index (χ0n) is 19.4. The van der Waals surface area contributed by atoms with Crippen molar-refractivity contribution in [1.29, 1.82) is 5.26 Å². The quantitative estimate of drug-likeness (QED) is 0.0941. The minimum atomic E-state index is -0.561. The molecule has 10 heteroatoms. The van der Waals surface area contributed by atoms with Crippen LogP contribution in [0.2, 0.25) is 5.02 Å². The second-order valence-electron chi connectivity index (χ2n) is 7.51. The van der Waals surface area contributed by atoms with Crippen molar-refractivity contribution >= 4 is 57.5 Å². The predicted octanol–water partition coefficient (Wildman–Crippen LogP) is 6.68. The molecule has 0 saturated carbocycles. The van der Waals surface area contributed by atoms with Crippen LogP contribution in [0.4, 0.5) is 11.4 Å². The van der Waals surface area contributed by atoms with Crippen LogP contribution in [-0.2, 0) is 11.4 Å². The Morgan fingerprint density at radius 3 is 2.58 bits per heavy atom. The van der Waals surface area contributed by atoms with E-state index in [1.54, 1.807) is 49.4 Å². The molecule has 0 aliphatic carbocycles. The molecule has 0 bridgehead atoms. The zero-order chi connectivity index (χ0) is 26.2. The second-order valence-corrected chi connectivity index (χ2v) is 9.08. The summed E-state index contributed by atoms with van der Waals surface area (Å²) in [6.45, 7) is 4.15. The summed E-state index contributed by atoms with van der Waals surface area (Å²) in [7, 11) is 0. The third-order valence-electron chi connectivity index (χ3n) is 5.05. The molecule has 0 heterocycles. The summed E-state index contributed by atoms with van der Waals surface area (Å²) in [6.07, 6.45) is 1.47. The first-order chi connectivity index (χ1) is 17.2. The molecule has 36 heavy (non-hydrogen) atoms. The summed E-state index contributed by atoms with van der Waals surface area (Å²) in [5.74, 6) is 0.376. The van der Waals surface area contributed by atoms with Gasteiger partial charge in [-0.25, -0.2) is 0 Å². The fourth-order valence-electron chi connectivity index (χ4n) is 3.19. The monoisotopic (exact) mass is 617 g/mol. The number of halogens is 2. The average Bonchev–Trinajstić information content (AvgIpc) is 2.85. The third kappa shape index (κ3) is 6.74. The number of nitro benzene ring substituents is 1. The van der Waals surface area contributed by atoms with E-state index < -0.39 is 10.8 Å². The summed E-state index contributed by atoms with van der Waals surface area (Å²) in [4.78, 5) is 23.1. The van der Waals surface area contributed by atoms with Crippen LogP contribution in [0.25, 0.3) is 6.08 Å². The van der Waals surface area contributed by atoms with Gasteiger partial charge in [-0.3, -0.25) is 14.9 Å². The third-order valence-corrected chi connectivity index (χ3v) is 6.26. The number of nitrogens with zero attached hydrogens (tertiary/aromatic N) is 2. The number of amides is 1. The summed E-state index contributed by atoms with van der Waals surface area (Å²) >= 11 is 8.21. The molecule has 3 aromatic carbocycles. The lowest BCUT2D eigenvalue weighted by molar-refractivity contribution is -0.384. The number of hydrogen-bond donors (Lipinski definition) is 1. The highest BCUT2D eigenvalue weighted by Crippen LogP contribution is 2.36. The van der Waals surface area contributed by atoms with E-state index in [1.165, 1.54) is 18.2 Å². The number of carbonyl (C=O) groups is 1. The number of nitrogens with one attached hydrogen (secondary N) is 1. The maximum absolute atomic E-state index is 12.8. The smallest absolute Gasteiger partial charge is 0.269 e. The highest BCUT2D eigenvalue weighted by Gasteiger charge is 2.16.